The van der Waals surface area contributed by atoms with E-state index in [9.17, 15) is 0 Å². The maximum atomic E-state index is 8.62. The number of rotatable bonds is 4. The maximum Gasteiger partial charge on any atom is 0.155 e. The predicted octanol–water partition coefficient (Wildman–Crippen LogP) is 0.120. The van der Waals surface area contributed by atoms with E-state index in [-0.39, 0.29) is 6.61 Å². The number of aryl methyl sites for hydroxylation is 1. The van der Waals surface area contributed by atoms with Gasteiger partial charge in [-0.05, 0) is 6.92 Å². The fourth-order valence-corrected chi connectivity index (χ4v) is 1.44. The molecule has 2 heterocycles. The van der Waals surface area contributed by atoms with E-state index in [1.54, 1.807) is 4.52 Å². The van der Waals surface area contributed by atoms with E-state index in [2.05, 4.69) is 15.4 Å². The van der Waals surface area contributed by atoms with E-state index < -0.39 is 0 Å². The zero-order valence-electron chi connectivity index (χ0n) is 8.64. The van der Waals surface area contributed by atoms with Crippen molar-refractivity contribution in [2.45, 2.75) is 13.5 Å². The van der Waals surface area contributed by atoms with Gasteiger partial charge in [0.1, 0.15) is 0 Å². The molecule has 0 fully saturated rings. The average Bonchev–Trinajstić information content (AvgIpc) is 2.57. The molecule has 0 unspecified atom stereocenters. The van der Waals surface area contributed by atoms with Crippen molar-refractivity contribution in [3.05, 3.63) is 29.7 Å². The van der Waals surface area contributed by atoms with E-state index >= 15 is 0 Å². The van der Waals surface area contributed by atoms with E-state index in [4.69, 9.17) is 5.11 Å². The van der Waals surface area contributed by atoms with Crippen LogP contribution < -0.4 is 5.32 Å². The molecule has 0 aliphatic rings. The van der Waals surface area contributed by atoms with Crippen LogP contribution in [-0.4, -0.2) is 32.9 Å². The Labute approximate surface area is 87.8 Å². The zero-order valence-corrected chi connectivity index (χ0v) is 8.64. The molecular formula is C10H14N4O. The van der Waals surface area contributed by atoms with E-state index in [0.717, 1.165) is 16.9 Å². The summed E-state index contributed by atoms with van der Waals surface area (Å²) < 4.78 is 1.77. The fraction of sp³-hybridized carbons (Fsp3) is 0.400. The van der Waals surface area contributed by atoms with Crippen LogP contribution in [0, 0.1) is 6.92 Å². The van der Waals surface area contributed by atoms with E-state index in [0.29, 0.717) is 13.1 Å². The van der Waals surface area contributed by atoms with Crippen molar-refractivity contribution >= 4 is 5.65 Å². The largest absolute Gasteiger partial charge is 0.395 e. The first-order valence-corrected chi connectivity index (χ1v) is 4.92. The zero-order chi connectivity index (χ0) is 10.7. The van der Waals surface area contributed by atoms with Gasteiger partial charge < -0.3 is 10.4 Å². The van der Waals surface area contributed by atoms with Crippen molar-refractivity contribution in [3.63, 3.8) is 0 Å². The lowest BCUT2D eigenvalue weighted by Crippen LogP contribution is -2.17. The highest BCUT2D eigenvalue weighted by molar-refractivity contribution is 5.38. The quantitative estimate of drug-likeness (QED) is 0.697. The summed E-state index contributed by atoms with van der Waals surface area (Å²) in [5.74, 6) is 0. The highest BCUT2D eigenvalue weighted by atomic mass is 16.3. The van der Waals surface area contributed by atoms with Gasteiger partial charge in [-0.25, -0.2) is 9.50 Å². The van der Waals surface area contributed by atoms with Crippen LogP contribution in [0.4, 0.5) is 0 Å². The number of hydrogen-bond acceptors (Lipinski definition) is 4. The monoisotopic (exact) mass is 206 g/mol. The Morgan fingerprint density at radius 1 is 1.53 bits per heavy atom. The molecule has 0 aromatic carbocycles. The summed E-state index contributed by atoms with van der Waals surface area (Å²) in [5.41, 5.74) is 2.88. The van der Waals surface area contributed by atoms with Gasteiger partial charge in [0.05, 0.1) is 12.3 Å². The molecule has 0 amide bonds. The summed E-state index contributed by atoms with van der Waals surface area (Å²) in [6, 6.07) is 1.94. The topological polar surface area (TPSA) is 62.5 Å². The molecule has 0 saturated carbocycles. The minimum Gasteiger partial charge on any atom is -0.395 e. The molecule has 0 radical (unpaired) electrons. The smallest absolute Gasteiger partial charge is 0.155 e. The summed E-state index contributed by atoms with van der Waals surface area (Å²) in [6.45, 7) is 3.38. The second kappa shape index (κ2) is 4.37. The Hall–Kier alpha value is -1.46. The Morgan fingerprint density at radius 2 is 2.40 bits per heavy atom. The molecule has 15 heavy (non-hydrogen) atoms. The van der Waals surface area contributed by atoms with Gasteiger partial charge in [0.2, 0.25) is 0 Å². The summed E-state index contributed by atoms with van der Waals surface area (Å²) in [4.78, 5) is 4.28. The molecule has 5 heteroatoms. The van der Waals surface area contributed by atoms with Crippen molar-refractivity contribution in [3.8, 4) is 0 Å². The summed E-state index contributed by atoms with van der Waals surface area (Å²) in [6.07, 6.45) is 3.76. The van der Waals surface area contributed by atoms with Crippen LogP contribution >= 0.6 is 0 Å². The molecule has 2 rings (SSSR count). The lowest BCUT2D eigenvalue weighted by atomic mass is 10.3. The standard InChI is InChI=1S/C10H14N4O/c1-8-4-10-12-6-9(5-11-2-3-15)7-14(10)13-8/h4,6-7,11,15H,2-3,5H2,1H3. The van der Waals surface area contributed by atoms with Crippen molar-refractivity contribution in [2.75, 3.05) is 13.2 Å². The molecule has 2 aromatic rings. The van der Waals surface area contributed by atoms with Crippen LogP contribution in [-0.2, 0) is 6.54 Å². The van der Waals surface area contributed by atoms with Crippen LogP contribution in [0.15, 0.2) is 18.5 Å². The number of fused-ring (bicyclic) bond motifs is 1. The number of aliphatic hydroxyl groups excluding tert-OH is 1. The molecule has 0 spiro atoms. The number of aromatic nitrogens is 3. The lowest BCUT2D eigenvalue weighted by Gasteiger charge is -2.02. The van der Waals surface area contributed by atoms with Gasteiger partial charge in [-0.15, -0.1) is 0 Å². The molecule has 0 aliphatic heterocycles. The van der Waals surface area contributed by atoms with Gasteiger partial charge in [-0.2, -0.15) is 5.10 Å². The number of hydrogen-bond donors (Lipinski definition) is 2. The number of nitrogens with one attached hydrogen (secondary N) is 1. The van der Waals surface area contributed by atoms with Gasteiger partial charge in [0.25, 0.3) is 0 Å². The highest BCUT2D eigenvalue weighted by Gasteiger charge is 1.99. The summed E-state index contributed by atoms with van der Waals surface area (Å²) in [7, 11) is 0. The van der Waals surface area contributed by atoms with Crippen LogP contribution in [0.5, 0.6) is 0 Å². The third-order valence-electron chi connectivity index (χ3n) is 2.11. The first kappa shape index (κ1) is 10.1. The molecular weight excluding hydrogens is 192 g/mol. The molecule has 80 valence electrons. The Bertz CT molecular complexity index is 452. The molecule has 2 N–H and O–H groups in total. The number of aliphatic hydroxyl groups is 1. The minimum atomic E-state index is 0.149. The van der Waals surface area contributed by atoms with Crippen molar-refractivity contribution in [1.29, 1.82) is 0 Å². The third kappa shape index (κ3) is 2.31. The second-order valence-electron chi connectivity index (χ2n) is 3.45. The van der Waals surface area contributed by atoms with Crippen LogP contribution in [0.1, 0.15) is 11.3 Å². The maximum absolute atomic E-state index is 8.62. The van der Waals surface area contributed by atoms with Gasteiger partial charge in [0.15, 0.2) is 5.65 Å². The molecule has 0 bridgehead atoms. The van der Waals surface area contributed by atoms with Crippen LogP contribution in [0.2, 0.25) is 0 Å². The molecule has 5 nitrogen and oxygen atoms in total. The van der Waals surface area contributed by atoms with Gasteiger partial charge in [-0.1, -0.05) is 0 Å². The van der Waals surface area contributed by atoms with Gasteiger partial charge >= 0.3 is 0 Å². The molecule has 0 saturated heterocycles. The first-order chi connectivity index (χ1) is 7.29. The van der Waals surface area contributed by atoms with Crippen molar-refractivity contribution in [1.82, 2.24) is 19.9 Å². The summed E-state index contributed by atoms with van der Waals surface area (Å²) in [5, 5.41) is 16.0. The Kier molecular flexibility index (Phi) is 2.94. The summed E-state index contributed by atoms with van der Waals surface area (Å²) >= 11 is 0. The number of nitrogens with zero attached hydrogens (tertiary/aromatic N) is 3. The lowest BCUT2D eigenvalue weighted by molar-refractivity contribution is 0.292. The minimum absolute atomic E-state index is 0.149. The SMILES string of the molecule is Cc1cc2ncc(CNCCO)cn2n1. The Balaban J connectivity index is 2.15. The molecule has 2 aromatic heterocycles. The van der Waals surface area contributed by atoms with Crippen LogP contribution in [0.3, 0.4) is 0 Å². The van der Waals surface area contributed by atoms with E-state index in [1.165, 1.54) is 0 Å². The average molecular weight is 206 g/mol. The van der Waals surface area contributed by atoms with Crippen molar-refractivity contribution in [2.24, 2.45) is 0 Å². The third-order valence-corrected chi connectivity index (χ3v) is 2.11. The van der Waals surface area contributed by atoms with Crippen LogP contribution in [0.25, 0.3) is 5.65 Å². The van der Waals surface area contributed by atoms with Crippen molar-refractivity contribution < 1.29 is 5.11 Å². The molecule has 0 atom stereocenters. The predicted molar refractivity (Wildman–Crippen MR) is 56.5 cm³/mol. The van der Waals surface area contributed by atoms with E-state index in [1.807, 2.05) is 25.4 Å². The fourth-order valence-electron chi connectivity index (χ4n) is 1.44. The second-order valence-corrected chi connectivity index (χ2v) is 3.45. The normalized spacial score (nSPS) is 11.1. The highest BCUT2D eigenvalue weighted by Crippen LogP contribution is 2.04. The van der Waals surface area contributed by atoms with Gasteiger partial charge in [-0.3, -0.25) is 0 Å². The Morgan fingerprint density at radius 3 is 3.20 bits per heavy atom. The first-order valence-electron chi connectivity index (χ1n) is 4.92. The molecule has 0 aliphatic carbocycles. The van der Waals surface area contributed by atoms with Gasteiger partial charge in [0, 0.05) is 37.1 Å².